The van der Waals surface area contributed by atoms with E-state index in [2.05, 4.69) is 31.0 Å². The standard InChI is InChI=1S/C18H15N7O3S/c1-2-28-11-8-9(5-6-10(11)26)16-13-14(12-4-3-7-29-12)20-21-17(27)15(13)19-18-22-23-24-25(16)18/h3-8,16,26H,2H2,1H3,(H,21,27)(H,19,22,24)/t16-/m1/s1. The van der Waals surface area contributed by atoms with Crippen LogP contribution in [0.2, 0.25) is 0 Å². The first-order valence-electron chi connectivity index (χ1n) is 8.84. The van der Waals surface area contributed by atoms with Gasteiger partial charge >= 0.3 is 0 Å². The van der Waals surface area contributed by atoms with E-state index in [1.54, 1.807) is 22.9 Å². The molecule has 29 heavy (non-hydrogen) atoms. The third kappa shape index (κ3) is 2.74. The lowest BCUT2D eigenvalue weighted by atomic mass is 9.94. The summed E-state index contributed by atoms with van der Waals surface area (Å²) in [7, 11) is 0. The molecule has 0 amide bonds. The minimum atomic E-state index is -0.539. The number of nitrogens with zero attached hydrogens (tertiary/aromatic N) is 5. The van der Waals surface area contributed by atoms with Crippen molar-refractivity contribution >= 4 is 23.0 Å². The van der Waals surface area contributed by atoms with Gasteiger partial charge in [-0.1, -0.05) is 17.2 Å². The summed E-state index contributed by atoms with van der Waals surface area (Å²) in [5.74, 6) is 0.710. The molecule has 0 radical (unpaired) electrons. The number of ether oxygens (including phenoxy) is 1. The van der Waals surface area contributed by atoms with Gasteiger partial charge in [-0.3, -0.25) is 4.79 Å². The van der Waals surface area contributed by atoms with E-state index in [0.29, 0.717) is 35.2 Å². The summed E-state index contributed by atoms with van der Waals surface area (Å²) in [5, 5.41) is 33.8. The fourth-order valence-electron chi connectivity index (χ4n) is 3.42. The number of fused-ring (bicyclic) bond motifs is 2. The van der Waals surface area contributed by atoms with Crippen molar-refractivity contribution in [1.29, 1.82) is 0 Å². The number of thiophene rings is 1. The number of rotatable bonds is 4. The highest BCUT2D eigenvalue weighted by Gasteiger charge is 2.35. The van der Waals surface area contributed by atoms with Crippen LogP contribution in [0.4, 0.5) is 11.6 Å². The normalized spacial score (nSPS) is 14.7. The Morgan fingerprint density at radius 2 is 2.24 bits per heavy atom. The van der Waals surface area contributed by atoms with E-state index in [4.69, 9.17) is 4.74 Å². The Kier molecular flexibility index (Phi) is 4.02. The molecule has 0 unspecified atom stereocenters. The molecule has 0 saturated carbocycles. The maximum Gasteiger partial charge on any atom is 0.288 e. The zero-order chi connectivity index (χ0) is 20.0. The van der Waals surface area contributed by atoms with Gasteiger partial charge in [0.2, 0.25) is 5.95 Å². The van der Waals surface area contributed by atoms with Gasteiger partial charge in [0.05, 0.1) is 11.5 Å². The zero-order valence-electron chi connectivity index (χ0n) is 15.2. The number of phenols is 1. The van der Waals surface area contributed by atoms with Crippen LogP contribution in [0.1, 0.15) is 24.1 Å². The van der Waals surface area contributed by atoms with Crippen LogP contribution < -0.4 is 15.6 Å². The Hall–Kier alpha value is -3.73. The largest absolute Gasteiger partial charge is 0.504 e. The highest BCUT2D eigenvalue weighted by molar-refractivity contribution is 7.13. The van der Waals surface area contributed by atoms with Crippen molar-refractivity contribution in [1.82, 2.24) is 30.4 Å². The topological polar surface area (TPSA) is 131 Å². The second-order valence-corrected chi connectivity index (χ2v) is 7.25. The number of phenolic OH excluding ortho intramolecular Hbond substituents is 1. The molecule has 1 atom stereocenters. The SMILES string of the molecule is CCOc1cc([C@@H]2c3c(-c4cccs4)n[nH]c(=O)c3Nc3nnnn32)ccc1O. The van der Waals surface area contributed by atoms with Crippen molar-refractivity contribution in [2.45, 2.75) is 13.0 Å². The number of H-pyrrole nitrogens is 1. The van der Waals surface area contributed by atoms with Crippen LogP contribution in [0.5, 0.6) is 11.5 Å². The monoisotopic (exact) mass is 409 g/mol. The molecule has 0 fully saturated rings. The fraction of sp³-hybridized carbons (Fsp3) is 0.167. The predicted octanol–water partition coefficient (Wildman–Crippen LogP) is 2.28. The van der Waals surface area contributed by atoms with Crippen LogP contribution in [0.15, 0.2) is 40.5 Å². The number of anilines is 2. The number of hydrogen-bond donors (Lipinski definition) is 3. The van der Waals surface area contributed by atoms with E-state index in [-0.39, 0.29) is 11.3 Å². The lowest BCUT2D eigenvalue weighted by Crippen LogP contribution is -2.29. The molecule has 3 aromatic heterocycles. The van der Waals surface area contributed by atoms with Crippen LogP contribution in [-0.2, 0) is 0 Å². The van der Waals surface area contributed by atoms with Gasteiger partial charge in [0.1, 0.15) is 17.4 Å². The first-order chi connectivity index (χ1) is 14.2. The summed E-state index contributed by atoms with van der Waals surface area (Å²) >= 11 is 1.51. The van der Waals surface area contributed by atoms with Gasteiger partial charge in [-0.05, 0) is 46.5 Å². The first-order valence-corrected chi connectivity index (χ1v) is 9.72. The van der Waals surface area contributed by atoms with E-state index < -0.39 is 6.04 Å². The highest BCUT2D eigenvalue weighted by Crippen LogP contribution is 2.43. The number of benzene rings is 1. The fourth-order valence-corrected chi connectivity index (χ4v) is 4.15. The average molecular weight is 409 g/mol. The van der Waals surface area contributed by atoms with Crippen molar-refractivity contribution in [3.63, 3.8) is 0 Å². The smallest absolute Gasteiger partial charge is 0.288 e. The molecule has 0 bridgehead atoms. The lowest BCUT2D eigenvalue weighted by molar-refractivity contribution is 0.317. The zero-order valence-corrected chi connectivity index (χ0v) is 16.0. The number of aromatic nitrogens is 6. The molecule has 3 N–H and O–H groups in total. The molecule has 11 heteroatoms. The minimum Gasteiger partial charge on any atom is -0.504 e. The van der Waals surface area contributed by atoms with E-state index in [9.17, 15) is 9.90 Å². The summed E-state index contributed by atoms with van der Waals surface area (Å²) in [6.45, 7) is 2.24. The Balaban J connectivity index is 1.79. The molecular formula is C18H15N7O3S. The van der Waals surface area contributed by atoms with E-state index in [0.717, 1.165) is 10.4 Å². The molecule has 1 aromatic carbocycles. The average Bonchev–Trinajstić information content (AvgIpc) is 3.41. The Bertz CT molecular complexity index is 1250. The van der Waals surface area contributed by atoms with Gasteiger partial charge in [-0.15, -0.1) is 11.3 Å². The number of aromatic amines is 1. The summed E-state index contributed by atoms with van der Waals surface area (Å²) in [5.41, 5.74) is 1.97. The summed E-state index contributed by atoms with van der Waals surface area (Å²) < 4.78 is 7.13. The number of aromatic hydroxyl groups is 1. The van der Waals surface area contributed by atoms with E-state index in [1.807, 2.05) is 24.4 Å². The maximum absolute atomic E-state index is 12.6. The molecular weight excluding hydrogens is 394 g/mol. The Morgan fingerprint density at radius 1 is 1.34 bits per heavy atom. The van der Waals surface area contributed by atoms with Crippen molar-refractivity contribution in [2.24, 2.45) is 0 Å². The number of hydrogen-bond acceptors (Lipinski definition) is 9. The quantitative estimate of drug-likeness (QED) is 0.412. The third-order valence-corrected chi connectivity index (χ3v) is 5.50. The van der Waals surface area contributed by atoms with Gasteiger partial charge in [0.25, 0.3) is 5.56 Å². The van der Waals surface area contributed by atoms with Gasteiger partial charge in [-0.25, -0.2) is 5.10 Å². The molecule has 0 saturated heterocycles. The predicted molar refractivity (Wildman–Crippen MR) is 106 cm³/mol. The van der Waals surface area contributed by atoms with Crippen LogP contribution in [0, 0.1) is 0 Å². The second-order valence-electron chi connectivity index (χ2n) is 6.30. The molecule has 0 spiro atoms. The lowest BCUT2D eigenvalue weighted by Gasteiger charge is -2.27. The molecule has 4 heterocycles. The highest BCUT2D eigenvalue weighted by atomic mass is 32.1. The number of tetrazole rings is 1. The Morgan fingerprint density at radius 3 is 3.03 bits per heavy atom. The third-order valence-electron chi connectivity index (χ3n) is 4.62. The van der Waals surface area contributed by atoms with Crippen molar-refractivity contribution in [3.8, 4) is 22.1 Å². The van der Waals surface area contributed by atoms with Crippen LogP contribution in [0.25, 0.3) is 10.6 Å². The van der Waals surface area contributed by atoms with Gasteiger partial charge in [0, 0.05) is 5.56 Å². The summed E-state index contributed by atoms with van der Waals surface area (Å²) in [6.07, 6.45) is 0. The molecule has 10 nitrogen and oxygen atoms in total. The van der Waals surface area contributed by atoms with E-state index in [1.165, 1.54) is 11.3 Å². The molecule has 5 rings (SSSR count). The van der Waals surface area contributed by atoms with Gasteiger partial charge in [-0.2, -0.15) is 9.78 Å². The second kappa shape index (κ2) is 6.71. The van der Waals surface area contributed by atoms with Crippen LogP contribution >= 0.6 is 11.3 Å². The molecule has 1 aliphatic heterocycles. The minimum absolute atomic E-state index is 0.0317. The van der Waals surface area contributed by atoms with Crippen molar-refractivity contribution < 1.29 is 9.84 Å². The van der Waals surface area contributed by atoms with Gasteiger partial charge < -0.3 is 15.2 Å². The van der Waals surface area contributed by atoms with Crippen LogP contribution in [-0.4, -0.2) is 42.1 Å². The van der Waals surface area contributed by atoms with Crippen molar-refractivity contribution in [3.05, 3.63) is 57.2 Å². The molecule has 4 aromatic rings. The molecule has 0 aliphatic carbocycles. The molecule has 146 valence electrons. The summed E-state index contributed by atoms with van der Waals surface area (Å²) in [4.78, 5) is 13.5. The summed E-state index contributed by atoms with van der Waals surface area (Å²) in [6, 6.07) is 8.34. The van der Waals surface area contributed by atoms with E-state index >= 15 is 0 Å². The van der Waals surface area contributed by atoms with Crippen molar-refractivity contribution in [2.75, 3.05) is 11.9 Å². The maximum atomic E-state index is 12.6. The van der Waals surface area contributed by atoms with Gasteiger partial charge in [0.15, 0.2) is 11.5 Å². The first kappa shape index (κ1) is 17.4. The Labute approximate surface area is 167 Å². The molecule has 1 aliphatic rings. The van der Waals surface area contributed by atoms with Crippen LogP contribution in [0.3, 0.4) is 0 Å². The number of nitrogens with one attached hydrogen (secondary N) is 2.